The number of para-hydroxylation sites is 1. The minimum atomic E-state index is -0.906. The van der Waals surface area contributed by atoms with E-state index in [0.29, 0.717) is 96.5 Å². The van der Waals surface area contributed by atoms with E-state index in [1.165, 1.54) is 6.07 Å². The molecular formula is C70H68N12O10. The van der Waals surface area contributed by atoms with Crippen LogP contribution in [0.4, 0.5) is 27.4 Å². The molecule has 0 saturated heterocycles. The minimum absolute atomic E-state index is 0.0179. The predicted octanol–water partition coefficient (Wildman–Crippen LogP) is 14.9. The van der Waals surface area contributed by atoms with Crippen molar-refractivity contribution in [2.75, 3.05) is 37.1 Å². The summed E-state index contributed by atoms with van der Waals surface area (Å²) in [5.41, 5.74) is 9.64. The SMILES string of the molecule is Cc1ccc(-c2nc(-c3ccccc3)nc(-c3ccc(OCCCCCCOO/C=N/c4nc(NC(=O)OCCCCCOc5ccc(-c6nc(-c7ccccc7C)nc(-c7ccc(C)cc7C)n6)c(O)c5)nc(NC(=O)Oc5ccccc5)n4)cc3O)n2)c(C)c1. The van der Waals surface area contributed by atoms with Crippen LogP contribution in [0.5, 0.6) is 28.7 Å². The number of ether oxygens (including phenoxy) is 4. The molecule has 0 aliphatic rings. The number of phenols is 2. The van der Waals surface area contributed by atoms with Crippen LogP contribution in [0.25, 0.3) is 68.3 Å². The van der Waals surface area contributed by atoms with Crippen molar-refractivity contribution in [3.63, 3.8) is 0 Å². The first-order chi connectivity index (χ1) is 44.8. The summed E-state index contributed by atoms with van der Waals surface area (Å²) >= 11 is 0. The summed E-state index contributed by atoms with van der Waals surface area (Å²) in [6, 6.07) is 48.2. The largest absolute Gasteiger partial charge is 0.507 e. The van der Waals surface area contributed by atoms with E-state index in [9.17, 15) is 19.8 Å². The Labute approximate surface area is 531 Å². The molecule has 0 fully saturated rings. The Bertz CT molecular complexity index is 4220. The average Bonchev–Trinajstić information content (AvgIpc) is 0.826. The van der Waals surface area contributed by atoms with Crippen molar-refractivity contribution in [2.24, 2.45) is 4.99 Å². The van der Waals surface area contributed by atoms with E-state index < -0.39 is 12.2 Å². The number of anilines is 2. The van der Waals surface area contributed by atoms with Crippen LogP contribution in [0, 0.1) is 34.6 Å². The number of aromatic nitrogens is 9. The summed E-state index contributed by atoms with van der Waals surface area (Å²) in [5, 5.41) is 27.3. The molecule has 0 aliphatic heterocycles. The van der Waals surface area contributed by atoms with Gasteiger partial charge >= 0.3 is 12.2 Å². The molecule has 0 spiro atoms. The second-order valence-electron chi connectivity index (χ2n) is 21.5. The molecule has 4 N–H and O–H groups in total. The van der Waals surface area contributed by atoms with Crippen molar-refractivity contribution in [1.82, 2.24) is 44.9 Å². The number of aryl methyl sites for hydroxylation is 5. The summed E-state index contributed by atoms with van der Waals surface area (Å²) < 4.78 is 22.7. The van der Waals surface area contributed by atoms with Gasteiger partial charge in [-0.2, -0.15) is 24.8 Å². The molecule has 2 amide bonds. The average molecular weight is 1240 g/mol. The first kappa shape index (κ1) is 63.7. The lowest BCUT2D eigenvalue weighted by atomic mass is 10.0. The first-order valence-corrected chi connectivity index (χ1v) is 30.0. The number of rotatable bonds is 27. The fourth-order valence-corrected chi connectivity index (χ4v) is 9.67. The molecule has 0 bridgehead atoms. The molecule has 468 valence electrons. The van der Waals surface area contributed by atoms with Crippen LogP contribution in [0.1, 0.15) is 72.8 Å². The normalized spacial score (nSPS) is 11.1. The van der Waals surface area contributed by atoms with Gasteiger partial charge in [-0.15, -0.1) is 0 Å². The predicted molar refractivity (Wildman–Crippen MR) is 349 cm³/mol. The molecule has 3 aromatic heterocycles. The van der Waals surface area contributed by atoms with Crippen molar-refractivity contribution in [3.05, 3.63) is 186 Å². The van der Waals surface area contributed by atoms with Gasteiger partial charge in [0.05, 0.1) is 37.6 Å². The summed E-state index contributed by atoms with van der Waals surface area (Å²) in [6.07, 6.45) is 4.01. The zero-order chi connectivity index (χ0) is 64.2. The zero-order valence-corrected chi connectivity index (χ0v) is 51.5. The number of benzene rings is 7. The number of nitrogens with zero attached hydrogens (tertiary/aromatic N) is 10. The van der Waals surface area contributed by atoms with Gasteiger partial charge in [0.15, 0.2) is 34.9 Å². The molecule has 92 heavy (non-hydrogen) atoms. The van der Waals surface area contributed by atoms with Crippen molar-refractivity contribution in [1.29, 1.82) is 0 Å². The van der Waals surface area contributed by atoms with Gasteiger partial charge < -0.3 is 34.0 Å². The number of phenolic OH excluding ortho intramolecular Hbond substituents is 2. The Morgan fingerprint density at radius 3 is 1.42 bits per heavy atom. The van der Waals surface area contributed by atoms with Gasteiger partial charge in [0.2, 0.25) is 18.3 Å². The van der Waals surface area contributed by atoms with Crippen molar-refractivity contribution in [2.45, 2.75) is 79.6 Å². The molecule has 10 aromatic rings. The molecule has 10 rings (SSSR count). The lowest BCUT2D eigenvalue weighted by Crippen LogP contribution is -2.21. The van der Waals surface area contributed by atoms with Crippen LogP contribution >= 0.6 is 0 Å². The van der Waals surface area contributed by atoms with Gasteiger partial charge in [-0.05, 0) is 126 Å². The van der Waals surface area contributed by atoms with Crippen LogP contribution < -0.4 is 24.8 Å². The molecule has 22 heteroatoms. The highest BCUT2D eigenvalue weighted by Crippen LogP contribution is 2.36. The van der Waals surface area contributed by atoms with E-state index in [1.54, 1.807) is 60.7 Å². The number of amides is 2. The minimum Gasteiger partial charge on any atom is -0.507 e. The summed E-state index contributed by atoms with van der Waals surface area (Å²) in [6.45, 7) is 11.2. The Morgan fingerprint density at radius 1 is 0.424 bits per heavy atom. The number of aromatic hydroxyl groups is 2. The Morgan fingerprint density at radius 2 is 0.880 bits per heavy atom. The van der Waals surface area contributed by atoms with Crippen LogP contribution in [0.2, 0.25) is 0 Å². The zero-order valence-electron chi connectivity index (χ0n) is 51.5. The van der Waals surface area contributed by atoms with Crippen molar-refractivity contribution >= 4 is 36.4 Å². The number of hydrogen-bond donors (Lipinski definition) is 4. The summed E-state index contributed by atoms with van der Waals surface area (Å²) in [4.78, 5) is 81.4. The van der Waals surface area contributed by atoms with Gasteiger partial charge in [-0.25, -0.2) is 39.5 Å². The van der Waals surface area contributed by atoms with E-state index in [2.05, 4.69) is 42.7 Å². The number of carbonyl (C=O) groups excluding carboxylic acids is 2. The topological polar surface area (TPSA) is 282 Å². The molecule has 0 saturated carbocycles. The van der Waals surface area contributed by atoms with E-state index in [1.807, 2.05) is 113 Å². The highest BCUT2D eigenvalue weighted by molar-refractivity contribution is 5.86. The van der Waals surface area contributed by atoms with E-state index in [0.717, 1.165) is 75.7 Å². The number of aliphatic imine (C=N–C) groups is 1. The molecule has 0 unspecified atom stereocenters. The van der Waals surface area contributed by atoms with Gasteiger partial charge in [-0.1, -0.05) is 127 Å². The molecule has 7 aromatic carbocycles. The van der Waals surface area contributed by atoms with Crippen molar-refractivity contribution in [3.8, 4) is 97.1 Å². The van der Waals surface area contributed by atoms with Gasteiger partial charge in [-0.3, -0.25) is 10.6 Å². The number of unbranched alkanes of at least 4 members (excludes halogenated alkanes) is 5. The lowest BCUT2D eigenvalue weighted by molar-refractivity contribution is -0.216. The maximum Gasteiger partial charge on any atom is 0.419 e. The highest BCUT2D eigenvalue weighted by atomic mass is 17.2. The fraction of sp³-hybridized carbons (Fsp3) is 0.229. The third-order valence-corrected chi connectivity index (χ3v) is 14.3. The fourth-order valence-electron chi connectivity index (χ4n) is 9.67. The Hall–Kier alpha value is -11.3. The number of carbonyl (C=O) groups is 2. The Balaban J connectivity index is 0.655. The highest BCUT2D eigenvalue weighted by Gasteiger charge is 2.20. The van der Waals surface area contributed by atoms with Crippen LogP contribution in [0.15, 0.2) is 163 Å². The molecular weight excluding hydrogens is 1170 g/mol. The molecule has 0 aliphatic carbocycles. The van der Waals surface area contributed by atoms with Crippen LogP contribution in [-0.4, -0.2) is 100 Å². The molecule has 22 nitrogen and oxygen atoms in total. The molecule has 3 heterocycles. The van der Waals surface area contributed by atoms with Crippen LogP contribution in [-0.2, 0) is 14.5 Å². The van der Waals surface area contributed by atoms with Gasteiger partial charge in [0.1, 0.15) is 28.7 Å². The Kier molecular flexibility index (Phi) is 21.7. The van der Waals surface area contributed by atoms with Crippen LogP contribution in [0.3, 0.4) is 0 Å². The van der Waals surface area contributed by atoms with Gasteiger partial charge in [0, 0.05) is 34.4 Å². The monoisotopic (exact) mass is 1240 g/mol. The van der Waals surface area contributed by atoms with E-state index in [-0.39, 0.29) is 48.3 Å². The maximum absolute atomic E-state index is 12.9. The summed E-state index contributed by atoms with van der Waals surface area (Å²) in [7, 11) is 0. The quantitative estimate of drug-likeness (QED) is 0.0122. The second-order valence-corrected chi connectivity index (χ2v) is 21.5. The van der Waals surface area contributed by atoms with Crippen molar-refractivity contribution < 1.29 is 48.5 Å². The third kappa shape index (κ3) is 17.7. The van der Waals surface area contributed by atoms with E-state index >= 15 is 0 Å². The maximum atomic E-state index is 12.9. The number of hydrogen-bond acceptors (Lipinski definition) is 20. The van der Waals surface area contributed by atoms with E-state index in [4.69, 9.17) is 58.6 Å². The molecule has 0 radical (unpaired) electrons. The lowest BCUT2D eigenvalue weighted by Gasteiger charge is -2.13. The third-order valence-electron chi connectivity index (χ3n) is 14.3. The second kappa shape index (κ2) is 31.3. The van der Waals surface area contributed by atoms with Gasteiger partial charge in [0.25, 0.3) is 5.95 Å². The smallest absolute Gasteiger partial charge is 0.419 e. The summed E-state index contributed by atoms with van der Waals surface area (Å²) in [5.74, 6) is 3.04. The standard InChI is InChI=1S/C70H68N12O10/c1-44-27-31-54(47(4)39-44)62-72-60(49-22-11-8-12-23-49)73-64(76-62)56-33-29-51(41-58(56)83)87-35-17-6-7-20-38-90-91-43-71-66-78-67(80-68(79-66)82-70(86)92-50-24-13-9-14-25-50)81-69(85)89-37-19-10-18-36-88-52-30-34-57(59(84)42-52)65-75-61(53-26-16-15-21-46(53)3)74-63(77-65)55-32-28-45(2)40-48(55)5/h8-9,11-16,21-34,39-43,83-84H,6-7,10,17-20,35-38H2,1-5H3,(H2,78,79,80,81,82,85,86)/b71-43+. The first-order valence-electron chi connectivity index (χ1n) is 30.0. The number of nitrogens with one attached hydrogen (secondary N) is 2. The molecule has 0 atom stereocenters.